The second-order valence-electron chi connectivity index (χ2n) is 3.72. The minimum atomic E-state index is -0.666. The highest BCUT2D eigenvalue weighted by molar-refractivity contribution is 6.04. The Bertz CT molecular complexity index is 678. The number of aliphatic hydroxyl groups excluding tert-OH is 1. The molecule has 2 N–H and O–H groups in total. The normalized spacial score (nSPS) is 9.50. The van der Waals surface area contributed by atoms with Crippen molar-refractivity contribution in [1.29, 1.82) is 0 Å². The predicted octanol–water partition coefficient (Wildman–Crippen LogP) is 1.21. The third kappa shape index (κ3) is 3.37. The van der Waals surface area contributed by atoms with E-state index in [4.69, 9.17) is 5.11 Å². The zero-order valence-corrected chi connectivity index (χ0v) is 10.3. The van der Waals surface area contributed by atoms with Crippen LogP contribution >= 0.6 is 0 Å². The van der Waals surface area contributed by atoms with Gasteiger partial charge in [0, 0.05) is 11.8 Å². The number of nitrogens with zero attached hydrogens (tertiary/aromatic N) is 2. The fraction of sp³-hybridized carbons (Fsp3) is 0.0714. The van der Waals surface area contributed by atoms with Crippen molar-refractivity contribution in [3.63, 3.8) is 0 Å². The average molecular weight is 271 g/mol. The highest BCUT2D eigenvalue weighted by atomic mass is 19.1. The number of aliphatic hydroxyl groups is 1. The molecule has 1 aromatic carbocycles. The number of carbonyl (C=O) groups excluding carboxylic acids is 1. The van der Waals surface area contributed by atoms with Gasteiger partial charge >= 0.3 is 0 Å². The Morgan fingerprint density at radius 1 is 1.40 bits per heavy atom. The number of anilines is 1. The summed E-state index contributed by atoms with van der Waals surface area (Å²) in [5.41, 5.74) is 0.283. The van der Waals surface area contributed by atoms with Crippen molar-refractivity contribution in [3.8, 4) is 11.8 Å². The van der Waals surface area contributed by atoms with Crippen LogP contribution in [0.15, 0.2) is 36.5 Å². The molecule has 1 amide bonds. The minimum Gasteiger partial charge on any atom is -0.384 e. The third-order valence-corrected chi connectivity index (χ3v) is 2.34. The van der Waals surface area contributed by atoms with Crippen molar-refractivity contribution in [2.45, 2.75) is 0 Å². The summed E-state index contributed by atoms with van der Waals surface area (Å²) in [6.07, 6.45) is 1.46. The van der Waals surface area contributed by atoms with Crippen LogP contribution in [0.1, 0.15) is 15.9 Å². The van der Waals surface area contributed by atoms with Gasteiger partial charge in [-0.1, -0.05) is 11.8 Å². The number of amides is 1. The largest absolute Gasteiger partial charge is 0.384 e. The highest BCUT2D eigenvalue weighted by Gasteiger charge is 2.13. The van der Waals surface area contributed by atoms with E-state index in [0.29, 0.717) is 5.56 Å². The van der Waals surface area contributed by atoms with Gasteiger partial charge in [0.2, 0.25) is 0 Å². The van der Waals surface area contributed by atoms with Gasteiger partial charge in [-0.25, -0.2) is 4.39 Å². The Hall–Kier alpha value is -2.78. The average Bonchev–Trinajstić information content (AvgIpc) is 2.47. The van der Waals surface area contributed by atoms with Crippen LogP contribution in [-0.4, -0.2) is 27.8 Å². The number of rotatable bonds is 2. The Morgan fingerprint density at radius 3 is 2.95 bits per heavy atom. The standard InChI is InChI=1S/C14H10FN3O2/c15-12-6-5-10(3-2-8-19)9-11(12)14(20)17-13-4-1-7-16-18-13/h1,4-7,9,19H,8H2,(H,17,18,20). The molecule has 0 fully saturated rings. The van der Waals surface area contributed by atoms with E-state index >= 15 is 0 Å². The fourth-order valence-electron chi connectivity index (χ4n) is 1.47. The maximum absolute atomic E-state index is 13.7. The Kier molecular flexibility index (Phi) is 4.37. The molecule has 0 saturated heterocycles. The van der Waals surface area contributed by atoms with Gasteiger partial charge in [0.1, 0.15) is 12.4 Å². The highest BCUT2D eigenvalue weighted by Crippen LogP contribution is 2.12. The molecule has 0 unspecified atom stereocenters. The molecule has 6 heteroatoms. The monoisotopic (exact) mass is 271 g/mol. The summed E-state index contributed by atoms with van der Waals surface area (Å²) in [5.74, 6) is 3.95. The first-order valence-electron chi connectivity index (χ1n) is 5.69. The van der Waals surface area contributed by atoms with Crippen LogP contribution in [0.4, 0.5) is 10.2 Å². The van der Waals surface area contributed by atoms with Crippen LogP contribution in [0.2, 0.25) is 0 Å². The number of benzene rings is 1. The van der Waals surface area contributed by atoms with E-state index in [1.54, 1.807) is 6.07 Å². The van der Waals surface area contributed by atoms with E-state index in [9.17, 15) is 9.18 Å². The van der Waals surface area contributed by atoms with Gasteiger partial charge in [0.25, 0.3) is 5.91 Å². The molecule has 0 aliphatic carbocycles. The van der Waals surface area contributed by atoms with Gasteiger partial charge in [0.15, 0.2) is 5.82 Å². The van der Waals surface area contributed by atoms with Gasteiger partial charge in [-0.2, -0.15) is 5.10 Å². The first-order chi connectivity index (χ1) is 9.70. The SMILES string of the molecule is O=C(Nc1cccnn1)c1cc(C#CCO)ccc1F. The fourth-order valence-corrected chi connectivity index (χ4v) is 1.47. The molecule has 2 rings (SSSR count). The summed E-state index contributed by atoms with van der Waals surface area (Å²) in [6.45, 7) is -0.307. The summed E-state index contributed by atoms with van der Waals surface area (Å²) < 4.78 is 13.7. The molecule has 5 nitrogen and oxygen atoms in total. The molecule has 100 valence electrons. The van der Waals surface area contributed by atoms with E-state index in [-0.39, 0.29) is 18.0 Å². The molecular formula is C14H10FN3O2. The van der Waals surface area contributed by atoms with E-state index in [0.717, 1.165) is 6.07 Å². The lowest BCUT2D eigenvalue weighted by atomic mass is 10.1. The summed E-state index contributed by atoms with van der Waals surface area (Å²) in [7, 11) is 0. The lowest BCUT2D eigenvalue weighted by Crippen LogP contribution is -2.15. The number of aromatic nitrogens is 2. The molecule has 0 saturated carbocycles. The lowest BCUT2D eigenvalue weighted by molar-refractivity contribution is 0.102. The van der Waals surface area contributed by atoms with Crippen molar-refractivity contribution >= 4 is 11.7 Å². The van der Waals surface area contributed by atoms with Crippen LogP contribution in [0.5, 0.6) is 0 Å². The van der Waals surface area contributed by atoms with Crippen molar-refractivity contribution < 1.29 is 14.3 Å². The molecule has 0 radical (unpaired) electrons. The maximum Gasteiger partial charge on any atom is 0.259 e. The number of halogens is 1. The molecule has 1 aromatic heterocycles. The first-order valence-corrected chi connectivity index (χ1v) is 5.69. The summed E-state index contributed by atoms with van der Waals surface area (Å²) in [4.78, 5) is 11.9. The molecule has 0 bridgehead atoms. The first kappa shape index (κ1) is 13.6. The summed E-state index contributed by atoms with van der Waals surface area (Å²) >= 11 is 0. The van der Waals surface area contributed by atoms with Crippen LogP contribution in [0, 0.1) is 17.7 Å². The van der Waals surface area contributed by atoms with Gasteiger partial charge < -0.3 is 10.4 Å². The molecule has 1 heterocycles. The van der Waals surface area contributed by atoms with E-state index in [2.05, 4.69) is 27.4 Å². The molecule has 2 aromatic rings. The quantitative estimate of drug-likeness (QED) is 0.805. The Morgan fingerprint density at radius 2 is 2.25 bits per heavy atom. The second kappa shape index (κ2) is 6.41. The van der Waals surface area contributed by atoms with Crippen LogP contribution < -0.4 is 5.32 Å². The number of hydrogen-bond donors (Lipinski definition) is 2. The topological polar surface area (TPSA) is 75.1 Å². The molecule has 0 aliphatic heterocycles. The van der Waals surface area contributed by atoms with Crippen LogP contribution in [0.25, 0.3) is 0 Å². The maximum atomic E-state index is 13.7. The van der Waals surface area contributed by atoms with Gasteiger partial charge in [-0.15, -0.1) is 5.10 Å². The molecule has 0 aliphatic rings. The predicted molar refractivity (Wildman–Crippen MR) is 70.3 cm³/mol. The van der Waals surface area contributed by atoms with Gasteiger partial charge in [-0.3, -0.25) is 4.79 Å². The third-order valence-electron chi connectivity index (χ3n) is 2.34. The Balaban J connectivity index is 2.25. The second-order valence-corrected chi connectivity index (χ2v) is 3.72. The number of carbonyl (C=O) groups is 1. The molecule has 20 heavy (non-hydrogen) atoms. The van der Waals surface area contributed by atoms with Crippen LogP contribution in [0.3, 0.4) is 0 Å². The van der Waals surface area contributed by atoms with E-state index < -0.39 is 11.7 Å². The molecule has 0 spiro atoms. The zero-order chi connectivity index (χ0) is 14.4. The Labute approximate surface area is 114 Å². The zero-order valence-electron chi connectivity index (χ0n) is 10.3. The van der Waals surface area contributed by atoms with Crippen molar-refractivity contribution in [2.24, 2.45) is 0 Å². The van der Waals surface area contributed by atoms with Crippen molar-refractivity contribution in [2.75, 3.05) is 11.9 Å². The minimum absolute atomic E-state index is 0.152. The van der Waals surface area contributed by atoms with Gasteiger partial charge in [0.05, 0.1) is 5.56 Å². The number of hydrogen-bond acceptors (Lipinski definition) is 4. The van der Waals surface area contributed by atoms with E-state index in [1.165, 1.54) is 24.4 Å². The molecule has 0 atom stereocenters. The van der Waals surface area contributed by atoms with Crippen molar-refractivity contribution in [1.82, 2.24) is 10.2 Å². The molecular weight excluding hydrogens is 261 g/mol. The summed E-state index contributed by atoms with van der Waals surface area (Å²) in [6, 6.07) is 7.02. The lowest BCUT2D eigenvalue weighted by Gasteiger charge is -2.05. The van der Waals surface area contributed by atoms with Crippen LogP contribution in [-0.2, 0) is 0 Å². The van der Waals surface area contributed by atoms with Gasteiger partial charge in [-0.05, 0) is 30.3 Å². The van der Waals surface area contributed by atoms with Crippen molar-refractivity contribution in [3.05, 3.63) is 53.5 Å². The van der Waals surface area contributed by atoms with E-state index in [1.807, 2.05) is 0 Å². The summed E-state index contributed by atoms with van der Waals surface area (Å²) in [5, 5.41) is 18.3. The smallest absolute Gasteiger partial charge is 0.259 e. The number of nitrogens with one attached hydrogen (secondary N) is 1.